The van der Waals surface area contributed by atoms with Gasteiger partial charge in [0.05, 0.1) is 33.9 Å². The summed E-state index contributed by atoms with van der Waals surface area (Å²) >= 11 is 0. The highest BCUT2D eigenvalue weighted by atomic mass is 16.4. The van der Waals surface area contributed by atoms with Crippen LogP contribution in [-0.4, -0.2) is 22.9 Å². The first-order chi connectivity index (χ1) is 13.1. The van der Waals surface area contributed by atoms with Gasteiger partial charge in [-0.15, -0.1) is 0 Å². The molecule has 0 spiro atoms. The summed E-state index contributed by atoms with van der Waals surface area (Å²) in [5.74, 6) is -2.64. The van der Waals surface area contributed by atoms with Gasteiger partial charge < -0.3 is 5.11 Å². The molecule has 3 aromatic carbocycles. The van der Waals surface area contributed by atoms with Crippen LogP contribution in [-0.2, 0) is 0 Å². The standard InChI is InChI=1S/C21H13N3O3/c25-19-13-7-1-3-9-15(13)22-16-10-4-2-8-14(16)20(26)24-18-12-6-5-11-17(18)23(19)21(22,24)27/h1-12,27H. The van der Waals surface area contributed by atoms with Gasteiger partial charge in [-0.2, -0.15) is 0 Å². The lowest BCUT2D eigenvalue weighted by atomic mass is 10.0. The average Bonchev–Trinajstić information content (AvgIpc) is 2.97. The Morgan fingerprint density at radius 1 is 0.556 bits per heavy atom. The minimum absolute atomic E-state index is 0.341. The molecular weight excluding hydrogens is 342 g/mol. The Morgan fingerprint density at radius 3 is 1.37 bits per heavy atom. The number of para-hydroxylation sites is 4. The van der Waals surface area contributed by atoms with Gasteiger partial charge in [0, 0.05) is 0 Å². The monoisotopic (exact) mass is 355 g/mol. The van der Waals surface area contributed by atoms with E-state index in [4.69, 9.17) is 0 Å². The van der Waals surface area contributed by atoms with Crippen LogP contribution in [0.4, 0.5) is 22.7 Å². The van der Waals surface area contributed by atoms with E-state index in [1.165, 1.54) is 9.80 Å². The Balaban J connectivity index is 1.79. The van der Waals surface area contributed by atoms with Crippen molar-refractivity contribution in [3.05, 3.63) is 83.9 Å². The maximum Gasteiger partial charge on any atom is 0.325 e. The van der Waals surface area contributed by atoms with E-state index in [2.05, 4.69) is 0 Å². The number of anilines is 4. The molecule has 0 atom stereocenters. The lowest BCUT2D eigenvalue weighted by Crippen LogP contribution is -2.73. The summed E-state index contributed by atoms with van der Waals surface area (Å²) in [6.07, 6.45) is 0. The first kappa shape index (κ1) is 14.5. The zero-order chi connectivity index (χ0) is 18.3. The molecule has 0 saturated heterocycles. The highest BCUT2D eigenvalue weighted by Crippen LogP contribution is 2.56. The van der Waals surface area contributed by atoms with E-state index in [-0.39, 0.29) is 11.8 Å². The molecule has 3 aliphatic heterocycles. The minimum atomic E-state index is -1.96. The number of nitrogens with zero attached hydrogens (tertiary/aromatic N) is 3. The fourth-order valence-electron chi connectivity index (χ4n) is 4.35. The molecular formula is C21H13N3O3. The zero-order valence-electron chi connectivity index (χ0n) is 14.0. The van der Waals surface area contributed by atoms with E-state index >= 15 is 0 Å². The lowest BCUT2D eigenvalue weighted by Gasteiger charge is -2.52. The van der Waals surface area contributed by atoms with Crippen molar-refractivity contribution >= 4 is 34.6 Å². The Hall–Kier alpha value is -3.64. The summed E-state index contributed by atoms with van der Waals surface area (Å²) in [6, 6.07) is 21.3. The van der Waals surface area contributed by atoms with E-state index in [0.29, 0.717) is 33.9 Å². The normalized spacial score (nSPS) is 18.0. The van der Waals surface area contributed by atoms with Gasteiger partial charge in [0.15, 0.2) is 0 Å². The van der Waals surface area contributed by atoms with Crippen molar-refractivity contribution in [1.29, 1.82) is 0 Å². The first-order valence-electron chi connectivity index (χ1n) is 8.63. The zero-order valence-corrected chi connectivity index (χ0v) is 14.0. The van der Waals surface area contributed by atoms with Gasteiger partial charge in [-0.3, -0.25) is 14.5 Å². The Bertz CT molecular complexity index is 1090. The molecule has 0 saturated carbocycles. The van der Waals surface area contributed by atoms with Gasteiger partial charge in [0.25, 0.3) is 11.8 Å². The molecule has 0 fully saturated rings. The second kappa shape index (κ2) is 4.55. The topological polar surface area (TPSA) is 64.1 Å². The van der Waals surface area contributed by atoms with Gasteiger partial charge in [-0.05, 0) is 36.4 Å². The maximum atomic E-state index is 13.3. The Kier molecular flexibility index (Phi) is 2.45. The second-order valence-electron chi connectivity index (χ2n) is 6.74. The molecule has 6 rings (SSSR count). The summed E-state index contributed by atoms with van der Waals surface area (Å²) < 4.78 is 0. The smallest absolute Gasteiger partial charge is 0.325 e. The third kappa shape index (κ3) is 1.47. The summed E-state index contributed by atoms with van der Waals surface area (Å²) in [7, 11) is 0. The van der Waals surface area contributed by atoms with Crippen LogP contribution in [0.2, 0.25) is 0 Å². The Morgan fingerprint density at radius 2 is 0.926 bits per heavy atom. The molecule has 0 bridgehead atoms. The first-order valence-corrected chi connectivity index (χ1v) is 8.63. The van der Waals surface area contributed by atoms with Crippen LogP contribution in [0, 0.1) is 0 Å². The van der Waals surface area contributed by atoms with Crippen molar-refractivity contribution in [3.8, 4) is 0 Å². The van der Waals surface area contributed by atoms with Gasteiger partial charge in [-0.25, -0.2) is 9.80 Å². The summed E-state index contributed by atoms with van der Waals surface area (Å²) in [5.41, 5.74) is 3.10. The van der Waals surface area contributed by atoms with E-state index in [9.17, 15) is 14.7 Å². The van der Waals surface area contributed by atoms with Crippen molar-refractivity contribution < 1.29 is 14.7 Å². The molecule has 0 radical (unpaired) electrons. The number of carbonyl (C=O) groups excluding carboxylic acids is 2. The number of carbonyl (C=O) groups is 2. The molecule has 2 amide bonds. The number of fused-ring (bicyclic) bond motifs is 7. The van der Waals surface area contributed by atoms with Gasteiger partial charge in [-0.1, -0.05) is 36.4 Å². The number of hydrogen-bond acceptors (Lipinski definition) is 4. The van der Waals surface area contributed by atoms with Crippen LogP contribution in [0.1, 0.15) is 20.7 Å². The van der Waals surface area contributed by atoms with Crippen LogP contribution in [0.25, 0.3) is 0 Å². The van der Waals surface area contributed by atoms with E-state index in [0.717, 1.165) is 0 Å². The highest BCUT2D eigenvalue weighted by molar-refractivity contribution is 6.25. The fraction of sp³-hybridized carbons (Fsp3) is 0.0476. The molecule has 3 aromatic rings. The van der Waals surface area contributed by atoms with Crippen molar-refractivity contribution in [2.75, 3.05) is 14.7 Å². The number of amides is 2. The molecule has 3 aliphatic rings. The molecule has 3 heterocycles. The maximum absolute atomic E-state index is 13.3. The molecule has 130 valence electrons. The number of hydrogen-bond donors (Lipinski definition) is 1. The summed E-state index contributed by atoms with van der Waals surface area (Å²) in [5, 5.41) is 11.9. The predicted molar refractivity (Wildman–Crippen MR) is 100 cm³/mol. The van der Waals surface area contributed by atoms with Gasteiger partial charge in [0.2, 0.25) is 0 Å². The van der Waals surface area contributed by atoms with E-state index in [1.54, 1.807) is 65.6 Å². The molecule has 6 nitrogen and oxygen atoms in total. The SMILES string of the molecule is O=C1c2ccccc2N2c3ccccc3C(=O)N3c4ccccc4N1C32O. The van der Waals surface area contributed by atoms with Gasteiger partial charge >= 0.3 is 5.97 Å². The van der Waals surface area contributed by atoms with Crippen LogP contribution in [0.15, 0.2) is 72.8 Å². The molecule has 6 heteroatoms. The predicted octanol–water partition coefficient (Wildman–Crippen LogP) is 3.06. The minimum Gasteiger partial charge on any atom is -0.335 e. The summed E-state index contributed by atoms with van der Waals surface area (Å²) in [6.45, 7) is 0. The lowest BCUT2D eigenvalue weighted by molar-refractivity contribution is 0.0326. The molecule has 0 unspecified atom stereocenters. The largest absolute Gasteiger partial charge is 0.335 e. The van der Waals surface area contributed by atoms with Crippen LogP contribution in [0.3, 0.4) is 0 Å². The molecule has 27 heavy (non-hydrogen) atoms. The fourth-order valence-corrected chi connectivity index (χ4v) is 4.35. The van der Waals surface area contributed by atoms with Crippen molar-refractivity contribution in [2.45, 2.75) is 5.97 Å². The van der Waals surface area contributed by atoms with E-state index in [1.807, 2.05) is 12.1 Å². The van der Waals surface area contributed by atoms with Crippen LogP contribution < -0.4 is 14.7 Å². The van der Waals surface area contributed by atoms with Crippen molar-refractivity contribution in [1.82, 2.24) is 0 Å². The highest BCUT2D eigenvalue weighted by Gasteiger charge is 2.64. The van der Waals surface area contributed by atoms with Crippen molar-refractivity contribution in [3.63, 3.8) is 0 Å². The second-order valence-corrected chi connectivity index (χ2v) is 6.74. The van der Waals surface area contributed by atoms with Crippen molar-refractivity contribution in [2.24, 2.45) is 0 Å². The third-order valence-corrected chi connectivity index (χ3v) is 5.42. The van der Waals surface area contributed by atoms with E-state index < -0.39 is 5.97 Å². The number of benzene rings is 3. The molecule has 0 aromatic heterocycles. The summed E-state index contributed by atoms with van der Waals surface area (Å²) in [4.78, 5) is 30.9. The quantitative estimate of drug-likeness (QED) is 0.673. The Labute approximate surface area is 154 Å². The van der Waals surface area contributed by atoms with Crippen LogP contribution in [0.5, 0.6) is 0 Å². The number of rotatable bonds is 0. The molecule has 0 aliphatic carbocycles. The van der Waals surface area contributed by atoms with Gasteiger partial charge in [0.1, 0.15) is 0 Å². The average molecular weight is 355 g/mol. The third-order valence-electron chi connectivity index (χ3n) is 5.42. The van der Waals surface area contributed by atoms with Crippen LogP contribution >= 0.6 is 0 Å². The molecule has 1 N–H and O–H groups in total. The number of aliphatic hydroxyl groups is 1.